The van der Waals surface area contributed by atoms with Crippen LogP contribution in [-0.4, -0.2) is 71.5 Å². The number of ether oxygens (including phenoxy) is 3. The second kappa shape index (κ2) is 9.45. The zero-order chi connectivity index (χ0) is 22.9. The quantitative estimate of drug-likeness (QED) is 0.514. The van der Waals surface area contributed by atoms with Crippen molar-refractivity contribution in [3.8, 4) is 0 Å². The predicted octanol–water partition coefficient (Wildman–Crippen LogP) is 1.92. The van der Waals surface area contributed by atoms with Crippen molar-refractivity contribution in [2.24, 2.45) is 23.7 Å². The highest BCUT2D eigenvalue weighted by Crippen LogP contribution is 2.37. The molecule has 3 rings (SSSR count). The average molecular weight is 440 g/mol. The van der Waals surface area contributed by atoms with Crippen molar-refractivity contribution in [3.05, 3.63) is 0 Å². The molecular formula is C23H37NO7. The van der Waals surface area contributed by atoms with Gasteiger partial charge >= 0.3 is 17.9 Å². The van der Waals surface area contributed by atoms with Gasteiger partial charge in [-0.05, 0) is 38.1 Å². The van der Waals surface area contributed by atoms with Gasteiger partial charge in [0.2, 0.25) is 0 Å². The summed E-state index contributed by atoms with van der Waals surface area (Å²) in [5.74, 6) is -2.35. The van der Waals surface area contributed by atoms with E-state index in [4.69, 9.17) is 14.2 Å². The maximum atomic E-state index is 13.1. The molecule has 3 aliphatic heterocycles. The van der Waals surface area contributed by atoms with E-state index >= 15 is 0 Å². The third-order valence-corrected chi connectivity index (χ3v) is 7.39. The molecule has 3 aliphatic rings. The molecular weight excluding hydrogens is 402 g/mol. The van der Waals surface area contributed by atoms with Gasteiger partial charge in [-0.2, -0.15) is 0 Å². The van der Waals surface area contributed by atoms with E-state index < -0.39 is 42.1 Å². The van der Waals surface area contributed by atoms with Crippen LogP contribution in [0.15, 0.2) is 0 Å². The van der Waals surface area contributed by atoms with Crippen LogP contribution >= 0.6 is 0 Å². The largest absolute Gasteiger partial charge is 0.465 e. The molecule has 176 valence electrons. The summed E-state index contributed by atoms with van der Waals surface area (Å²) in [5, 5.41) is 11.2. The molecule has 0 aromatic carbocycles. The van der Waals surface area contributed by atoms with Gasteiger partial charge in [0, 0.05) is 18.4 Å². The smallest absolute Gasteiger partial charge is 0.339 e. The van der Waals surface area contributed by atoms with E-state index in [0.29, 0.717) is 6.42 Å². The van der Waals surface area contributed by atoms with Crippen LogP contribution in [0.4, 0.5) is 0 Å². The number of carbonyl (C=O) groups excluding carboxylic acids is 3. The summed E-state index contributed by atoms with van der Waals surface area (Å²) in [6.07, 6.45) is 0.248. The second-order valence-corrected chi connectivity index (χ2v) is 10.1. The van der Waals surface area contributed by atoms with Crippen LogP contribution in [-0.2, 0) is 28.6 Å². The molecule has 0 spiro atoms. The Morgan fingerprint density at radius 3 is 2.35 bits per heavy atom. The van der Waals surface area contributed by atoms with Gasteiger partial charge in [0.1, 0.15) is 12.2 Å². The van der Waals surface area contributed by atoms with Gasteiger partial charge in [-0.3, -0.25) is 14.5 Å². The van der Waals surface area contributed by atoms with Gasteiger partial charge in [0.05, 0.1) is 25.5 Å². The zero-order valence-electron chi connectivity index (χ0n) is 19.3. The third kappa shape index (κ3) is 5.06. The Morgan fingerprint density at radius 1 is 1.03 bits per heavy atom. The number of esters is 3. The first kappa shape index (κ1) is 24.0. The maximum absolute atomic E-state index is 13.1. The van der Waals surface area contributed by atoms with Gasteiger partial charge < -0.3 is 19.3 Å². The number of rotatable bonds is 2. The monoisotopic (exact) mass is 439 g/mol. The Bertz CT molecular complexity index is 693. The molecule has 0 saturated carbocycles. The summed E-state index contributed by atoms with van der Waals surface area (Å²) in [6.45, 7) is 11.0. The maximum Gasteiger partial charge on any atom is 0.339 e. The van der Waals surface area contributed by atoms with Crippen molar-refractivity contribution in [2.75, 3.05) is 19.7 Å². The zero-order valence-corrected chi connectivity index (χ0v) is 19.3. The third-order valence-electron chi connectivity index (χ3n) is 7.39. The van der Waals surface area contributed by atoms with Gasteiger partial charge in [-0.15, -0.1) is 0 Å². The Kier molecular flexibility index (Phi) is 7.31. The van der Waals surface area contributed by atoms with E-state index in [1.165, 1.54) is 0 Å². The molecule has 8 heteroatoms. The first-order valence-corrected chi connectivity index (χ1v) is 11.6. The molecule has 31 heavy (non-hydrogen) atoms. The Morgan fingerprint density at radius 2 is 1.71 bits per heavy atom. The molecule has 0 radical (unpaired) electrons. The minimum absolute atomic E-state index is 0.0370. The van der Waals surface area contributed by atoms with E-state index in [1.54, 1.807) is 20.8 Å². The van der Waals surface area contributed by atoms with Crippen LogP contribution in [0.5, 0.6) is 0 Å². The summed E-state index contributed by atoms with van der Waals surface area (Å²) in [7, 11) is 0. The molecule has 3 saturated heterocycles. The minimum atomic E-state index is -1.96. The van der Waals surface area contributed by atoms with Gasteiger partial charge in [0.15, 0.2) is 5.60 Å². The average Bonchev–Trinajstić information content (AvgIpc) is 3.26. The number of aliphatic hydroxyl groups is 1. The summed E-state index contributed by atoms with van der Waals surface area (Å²) < 4.78 is 17.0. The van der Waals surface area contributed by atoms with Crippen LogP contribution in [0, 0.1) is 23.7 Å². The Balaban J connectivity index is 1.89. The molecule has 1 unspecified atom stereocenters. The van der Waals surface area contributed by atoms with E-state index in [-0.39, 0.29) is 42.8 Å². The molecule has 3 heterocycles. The van der Waals surface area contributed by atoms with Crippen molar-refractivity contribution in [1.29, 1.82) is 0 Å². The summed E-state index contributed by atoms with van der Waals surface area (Å²) in [5.41, 5.74) is -1.96. The van der Waals surface area contributed by atoms with Gasteiger partial charge in [-0.1, -0.05) is 27.7 Å². The lowest BCUT2D eigenvalue weighted by Crippen LogP contribution is -2.50. The molecule has 0 bridgehead atoms. The number of cyclic esters (lactones) is 2. The minimum Gasteiger partial charge on any atom is -0.465 e. The van der Waals surface area contributed by atoms with E-state index in [9.17, 15) is 19.5 Å². The van der Waals surface area contributed by atoms with E-state index in [2.05, 4.69) is 4.90 Å². The van der Waals surface area contributed by atoms with Crippen LogP contribution in [0.1, 0.15) is 60.3 Å². The van der Waals surface area contributed by atoms with Crippen LogP contribution in [0.2, 0.25) is 0 Å². The fraction of sp³-hybridized carbons (Fsp3) is 0.870. The summed E-state index contributed by atoms with van der Waals surface area (Å²) in [6, 6.07) is -0.0370. The highest BCUT2D eigenvalue weighted by atomic mass is 16.6. The molecule has 0 aliphatic carbocycles. The Hall–Kier alpha value is -1.67. The fourth-order valence-corrected chi connectivity index (χ4v) is 5.23. The number of hydrogen-bond acceptors (Lipinski definition) is 8. The van der Waals surface area contributed by atoms with Crippen molar-refractivity contribution >= 4 is 17.9 Å². The van der Waals surface area contributed by atoms with Crippen LogP contribution < -0.4 is 0 Å². The number of hydrogen-bond donors (Lipinski definition) is 1. The SMILES string of the molecule is CC(C)[C@@H]1CC(=O)OC[C@@H]2CCN3CC[C@H](OC(=O)[C@](O)(C(C)C)CC(=O)O[C@@H]1C)C23. The predicted molar refractivity (Wildman–Crippen MR) is 112 cm³/mol. The molecule has 3 fully saturated rings. The summed E-state index contributed by atoms with van der Waals surface area (Å²) >= 11 is 0. The molecule has 0 aromatic rings. The summed E-state index contributed by atoms with van der Waals surface area (Å²) in [4.78, 5) is 40.6. The highest BCUT2D eigenvalue weighted by molar-refractivity contribution is 5.86. The topological polar surface area (TPSA) is 102 Å². The van der Waals surface area contributed by atoms with Crippen molar-refractivity contribution < 1.29 is 33.7 Å². The first-order chi connectivity index (χ1) is 14.5. The number of carbonyl (C=O) groups is 3. The first-order valence-electron chi connectivity index (χ1n) is 11.6. The lowest BCUT2D eigenvalue weighted by Gasteiger charge is -2.33. The lowest BCUT2D eigenvalue weighted by molar-refractivity contribution is -0.185. The van der Waals surface area contributed by atoms with Gasteiger partial charge in [-0.25, -0.2) is 4.79 Å². The Labute approximate surface area is 184 Å². The van der Waals surface area contributed by atoms with E-state index in [0.717, 1.165) is 19.5 Å². The molecule has 1 N–H and O–H groups in total. The van der Waals surface area contributed by atoms with Gasteiger partial charge in [0.25, 0.3) is 0 Å². The highest BCUT2D eigenvalue weighted by Gasteiger charge is 2.50. The van der Waals surface area contributed by atoms with E-state index in [1.807, 2.05) is 13.8 Å². The molecule has 6 atom stereocenters. The normalized spacial score (nSPS) is 38.3. The van der Waals surface area contributed by atoms with Crippen molar-refractivity contribution in [2.45, 2.75) is 84.2 Å². The van der Waals surface area contributed by atoms with Crippen molar-refractivity contribution in [3.63, 3.8) is 0 Å². The molecule has 0 amide bonds. The molecule has 8 nitrogen and oxygen atoms in total. The van der Waals surface area contributed by atoms with Crippen molar-refractivity contribution in [1.82, 2.24) is 4.90 Å². The standard InChI is InChI=1S/C23H37NO7/c1-13(2)17-10-19(25)29-12-16-6-8-24-9-7-18(21(16)24)31-22(27)23(28,14(3)4)11-20(26)30-15(17)5/h13-18,21,28H,6-12H2,1-5H3/t15-,16+,17+,18+,21?,23-/m1/s1. The van der Waals surface area contributed by atoms with Crippen LogP contribution in [0.3, 0.4) is 0 Å². The number of nitrogens with zero attached hydrogens (tertiary/aromatic N) is 1. The van der Waals surface area contributed by atoms with Crippen LogP contribution in [0.25, 0.3) is 0 Å². The second-order valence-electron chi connectivity index (χ2n) is 10.1. The molecule has 0 aromatic heterocycles. The fourth-order valence-electron chi connectivity index (χ4n) is 5.23. The lowest BCUT2D eigenvalue weighted by atomic mass is 9.86.